The van der Waals surface area contributed by atoms with Gasteiger partial charge in [-0.3, -0.25) is 0 Å². The molecule has 0 bridgehead atoms. The maximum absolute atomic E-state index is 11.8. The van der Waals surface area contributed by atoms with Crippen LogP contribution in [-0.2, 0) is 16.4 Å². The number of amides is 2. The molecule has 1 fully saturated rings. The zero-order chi connectivity index (χ0) is 15.6. The molecule has 2 heterocycles. The van der Waals surface area contributed by atoms with E-state index in [0.717, 1.165) is 10.9 Å². The van der Waals surface area contributed by atoms with E-state index in [-0.39, 0.29) is 18.3 Å². The average molecular weight is 338 g/mol. The van der Waals surface area contributed by atoms with E-state index < -0.39 is 15.1 Å². The highest BCUT2D eigenvalue weighted by atomic mass is 32.2. The fourth-order valence-corrected chi connectivity index (χ4v) is 5.43. The molecule has 0 radical (unpaired) electrons. The summed E-state index contributed by atoms with van der Waals surface area (Å²) in [5, 5.41) is 8.20. The van der Waals surface area contributed by atoms with Gasteiger partial charge in [-0.2, -0.15) is 0 Å². The second kappa shape index (κ2) is 6.26. The van der Waals surface area contributed by atoms with Gasteiger partial charge in [-0.1, -0.05) is 18.2 Å². The fourth-order valence-electron chi connectivity index (χ4n) is 2.70. The van der Waals surface area contributed by atoms with Gasteiger partial charge in [0.15, 0.2) is 9.84 Å². The van der Waals surface area contributed by atoms with E-state index in [0.29, 0.717) is 19.4 Å². The van der Waals surface area contributed by atoms with Crippen molar-refractivity contribution in [1.29, 1.82) is 0 Å². The van der Waals surface area contributed by atoms with E-state index in [9.17, 15) is 13.2 Å². The van der Waals surface area contributed by atoms with Crippen LogP contribution in [0.15, 0.2) is 29.6 Å². The lowest BCUT2D eigenvalue weighted by Gasteiger charge is -2.11. The molecule has 22 heavy (non-hydrogen) atoms. The molecule has 7 heteroatoms. The van der Waals surface area contributed by atoms with Gasteiger partial charge in [-0.15, -0.1) is 11.3 Å². The number of hydrogen-bond donors (Lipinski definition) is 2. The lowest BCUT2D eigenvalue weighted by molar-refractivity contribution is 0.240. The van der Waals surface area contributed by atoms with Crippen LogP contribution in [0, 0.1) is 0 Å². The van der Waals surface area contributed by atoms with Crippen LogP contribution in [0.1, 0.15) is 18.4 Å². The van der Waals surface area contributed by atoms with E-state index in [1.54, 1.807) is 11.3 Å². The molecule has 0 spiro atoms. The molecular formula is C15H18N2O3S2. The maximum atomic E-state index is 11.8. The summed E-state index contributed by atoms with van der Waals surface area (Å²) in [5.41, 5.74) is 1.07. The number of nitrogens with one attached hydrogen (secondary N) is 2. The molecule has 2 aromatic rings. The van der Waals surface area contributed by atoms with Crippen LogP contribution < -0.4 is 10.6 Å². The van der Waals surface area contributed by atoms with Crippen LogP contribution in [0.3, 0.4) is 0 Å². The molecule has 1 atom stereocenters. The summed E-state index contributed by atoms with van der Waals surface area (Å²) in [6.07, 6.45) is 1.33. The Bertz CT molecular complexity index is 783. The van der Waals surface area contributed by atoms with Gasteiger partial charge in [0.05, 0.1) is 11.0 Å². The SMILES string of the molecule is O=C(NCc1csc2ccccc12)NC[C@@H]1CCCS1(=O)=O. The molecule has 1 saturated heterocycles. The number of hydrogen-bond acceptors (Lipinski definition) is 4. The third-order valence-electron chi connectivity index (χ3n) is 3.95. The number of carbonyl (C=O) groups is 1. The zero-order valence-corrected chi connectivity index (χ0v) is 13.7. The van der Waals surface area contributed by atoms with Crippen molar-refractivity contribution in [2.24, 2.45) is 0 Å². The Kier molecular flexibility index (Phi) is 4.35. The van der Waals surface area contributed by atoms with Crippen LogP contribution in [0.2, 0.25) is 0 Å². The van der Waals surface area contributed by atoms with Gasteiger partial charge < -0.3 is 10.6 Å². The summed E-state index contributed by atoms with van der Waals surface area (Å²) >= 11 is 1.65. The Balaban J connectivity index is 1.52. The minimum absolute atomic E-state index is 0.193. The number of sulfone groups is 1. The molecule has 1 aromatic heterocycles. The third-order valence-corrected chi connectivity index (χ3v) is 7.24. The molecule has 1 aromatic carbocycles. The Morgan fingerprint density at radius 2 is 2.09 bits per heavy atom. The zero-order valence-electron chi connectivity index (χ0n) is 12.0. The van der Waals surface area contributed by atoms with Crippen LogP contribution in [0.4, 0.5) is 4.79 Å². The number of benzene rings is 1. The number of rotatable bonds is 4. The van der Waals surface area contributed by atoms with Crippen LogP contribution in [-0.4, -0.2) is 32.0 Å². The molecule has 1 aliphatic heterocycles. The lowest BCUT2D eigenvalue weighted by atomic mass is 10.2. The van der Waals surface area contributed by atoms with E-state index in [1.165, 1.54) is 4.70 Å². The van der Waals surface area contributed by atoms with E-state index >= 15 is 0 Å². The third kappa shape index (κ3) is 3.25. The van der Waals surface area contributed by atoms with E-state index in [2.05, 4.69) is 16.7 Å². The van der Waals surface area contributed by atoms with Crippen LogP contribution >= 0.6 is 11.3 Å². The van der Waals surface area contributed by atoms with Crippen molar-refractivity contribution < 1.29 is 13.2 Å². The standard InChI is InChI=1S/C15H18N2O3S2/c18-15(17-9-12-4-3-7-22(12,19)20)16-8-11-10-21-14-6-2-1-5-13(11)14/h1-2,5-6,10,12H,3-4,7-9H2,(H2,16,17,18)/t12-/m0/s1. The van der Waals surface area contributed by atoms with Gasteiger partial charge in [0, 0.05) is 17.8 Å². The quantitative estimate of drug-likeness (QED) is 0.898. The lowest BCUT2D eigenvalue weighted by Crippen LogP contribution is -2.40. The Labute approximate surface area is 133 Å². The van der Waals surface area contributed by atoms with Gasteiger partial charge in [0.25, 0.3) is 0 Å². The van der Waals surface area contributed by atoms with Crippen molar-refractivity contribution in [2.45, 2.75) is 24.6 Å². The maximum Gasteiger partial charge on any atom is 0.315 e. The number of fused-ring (bicyclic) bond motifs is 1. The predicted molar refractivity (Wildman–Crippen MR) is 88.9 cm³/mol. The molecule has 2 N–H and O–H groups in total. The summed E-state index contributed by atoms with van der Waals surface area (Å²) in [5.74, 6) is 0.238. The van der Waals surface area contributed by atoms with E-state index in [4.69, 9.17) is 0 Å². The second-order valence-corrected chi connectivity index (χ2v) is 8.76. The summed E-state index contributed by atoms with van der Waals surface area (Å²) in [7, 11) is -3.01. The Morgan fingerprint density at radius 1 is 1.27 bits per heavy atom. The smallest absolute Gasteiger partial charge is 0.315 e. The predicted octanol–water partition coefficient (Wildman–Crippen LogP) is 2.28. The van der Waals surface area contributed by atoms with Gasteiger partial charge in [-0.25, -0.2) is 13.2 Å². The van der Waals surface area contributed by atoms with Crippen molar-refractivity contribution in [3.63, 3.8) is 0 Å². The molecule has 2 amide bonds. The first-order chi connectivity index (χ1) is 10.6. The first-order valence-corrected chi connectivity index (χ1v) is 9.84. The average Bonchev–Trinajstić information content (AvgIpc) is 3.06. The van der Waals surface area contributed by atoms with Gasteiger partial charge in [0.1, 0.15) is 0 Å². The fraction of sp³-hybridized carbons (Fsp3) is 0.400. The van der Waals surface area contributed by atoms with Gasteiger partial charge in [0.2, 0.25) is 0 Å². The summed E-state index contributed by atoms with van der Waals surface area (Å²) in [6, 6.07) is 7.73. The molecule has 0 aliphatic carbocycles. The molecule has 0 saturated carbocycles. The highest BCUT2D eigenvalue weighted by Gasteiger charge is 2.31. The van der Waals surface area contributed by atoms with Crippen molar-refractivity contribution in [3.8, 4) is 0 Å². The largest absolute Gasteiger partial charge is 0.337 e. The minimum atomic E-state index is -3.01. The van der Waals surface area contributed by atoms with Gasteiger partial charge in [-0.05, 0) is 35.2 Å². The monoisotopic (exact) mass is 338 g/mol. The Morgan fingerprint density at radius 3 is 2.86 bits per heavy atom. The highest BCUT2D eigenvalue weighted by molar-refractivity contribution is 7.92. The normalized spacial score (nSPS) is 20.1. The summed E-state index contributed by atoms with van der Waals surface area (Å²) in [6.45, 7) is 0.631. The molecule has 5 nitrogen and oxygen atoms in total. The van der Waals surface area contributed by atoms with Crippen LogP contribution in [0.25, 0.3) is 10.1 Å². The number of urea groups is 1. The number of carbonyl (C=O) groups excluding carboxylic acids is 1. The topological polar surface area (TPSA) is 75.3 Å². The molecule has 1 aliphatic rings. The molecule has 0 unspecified atom stereocenters. The van der Waals surface area contributed by atoms with Crippen molar-refractivity contribution in [3.05, 3.63) is 35.2 Å². The van der Waals surface area contributed by atoms with Crippen molar-refractivity contribution in [2.75, 3.05) is 12.3 Å². The summed E-state index contributed by atoms with van der Waals surface area (Å²) in [4.78, 5) is 11.8. The minimum Gasteiger partial charge on any atom is -0.337 e. The van der Waals surface area contributed by atoms with Crippen molar-refractivity contribution in [1.82, 2.24) is 10.6 Å². The van der Waals surface area contributed by atoms with Crippen LogP contribution in [0.5, 0.6) is 0 Å². The van der Waals surface area contributed by atoms with Gasteiger partial charge >= 0.3 is 6.03 Å². The first-order valence-electron chi connectivity index (χ1n) is 7.24. The Hall–Kier alpha value is -1.60. The molecule has 3 rings (SSSR count). The second-order valence-electron chi connectivity index (χ2n) is 5.45. The molecular weight excluding hydrogens is 320 g/mol. The first kappa shape index (κ1) is 15.3. The van der Waals surface area contributed by atoms with E-state index in [1.807, 2.05) is 23.6 Å². The summed E-state index contributed by atoms with van der Waals surface area (Å²) < 4.78 is 24.6. The van der Waals surface area contributed by atoms with Crippen molar-refractivity contribution >= 4 is 37.3 Å². The molecule has 118 valence electrons. The highest BCUT2D eigenvalue weighted by Crippen LogP contribution is 2.25. The number of thiophene rings is 1.